The number of benzene rings is 1. The highest BCUT2D eigenvalue weighted by molar-refractivity contribution is 8.00. The van der Waals surface area contributed by atoms with E-state index in [2.05, 4.69) is 0 Å². The Bertz CT molecular complexity index is 429. The SMILES string of the molecule is CCOC(=O)c1ccc(SCC(=O)O)cc1C. The average Bonchev–Trinajstić information content (AvgIpc) is 2.26. The summed E-state index contributed by atoms with van der Waals surface area (Å²) in [6, 6.07) is 5.18. The summed E-state index contributed by atoms with van der Waals surface area (Å²) in [5.74, 6) is -1.19. The van der Waals surface area contributed by atoms with Crippen molar-refractivity contribution in [1.29, 1.82) is 0 Å². The first-order chi connectivity index (χ1) is 8.04. The maximum absolute atomic E-state index is 11.5. The van der Waals surface area contributed by atoms with Gasteiger partial charge in [0.1, 0.15) is 0 Å². The van der Waals surface area contributed by atoms with Gasteiger partial charge in [0.15, 0.2) is 0 Å². The molecule has 0 aliphatic carbocycles. The number of carboxylic acids is 1. The molecule has 1 aromatic rings. The summed E-state index contributed by atoms with van der Waals surface area (Å²) in [4.78, 5) is 22.8. The molecule has 1 N–H and O–H groups in total. The van der Waals surface area contributed by atoms with Crippen LogP contribution in [0.2, 0.25) is 0 Å². The number of carbonyl (C=O) groups excluding carboxylic acids is 1. The molecule has 0 radical (unpaired) electrons. The van der Waals surface area contributed by atoms with E-state index in [4.69, 9.17) is 9.84 Å². The Morgan fingerprint density at radius 2 is 2.12 bits per heavy atom. The van der Waals surface area contributed by atoms with Crippen LogP contribution in [-0.2, 0) is 9.53 Å². The number of thioether (sulfide) groups is 1. The van der Waals surface area contributed by atoms with Gasteiger partial charge in [0.05, 0.1) is 17.9 Å². The van der Waals surface area contributed by atoms with E-state index in [1.54, 1.807) is 32.0 Å². The zero-order chi connectivity index (χ0) is 12.8. The largest absolute Gasteiger partial charge is 0.481 e. The molecule has 0 atom stereocenters. The summed E-state index contributed by atoms with van der Waals surface area (Å²) in [5.41, 5.74) is 1.31. The summed E-state index contributed by atoms with van der Waals surface area (Å²) < 4.78 is 4.91. The van der Waals surface area contributed by atoms with Crippen LogP contribution >= 0.6 is 11.8 Å². The first-order valence-corrected chi connectivity index (χ1v) is 6.15. The highest BCUT2D eigenvalue weighted by Gasteiger charge is 2.10. The third-order valence-electron chi connectivity index (χ3n) is 2.06. The quantitative estimate of drug-likeness (QED) is 0.645. The highest BCUT2D eigenvalue weighted by atomic mass is 32.2. The summed E-state index contributed by atoms with van der Waals surface area (Å²) in [6.07, 6.45) is 0. The Hall–Kier alpha value is -1.49. The fraction of sp³-hybridized carbons (Fsp3) is 0.333. The molecule has 0 amide bonds. The van der Waals surface area contributed by atoms with Gasteiger partial charge in [0.2, 0.25) is 0 Å². The lowest BCUT2D eigenvalue weighted by Gasteiger charge is -2.07. The standard InChI is InChI=1S/C12H14O4S/c1-3-16-12(15)10-5-4-9(6-8(10)2)17-7-11(13)14/h4-6H,3,7H2,1-2H3,(H,13,14). The molecule has 0 bridgehead atoms. The summed E-state index contributed by atoms with van der Waals surface area (Å²) in [6.45, 7) is 3.90. The van der Waals surface area contributed by atoms with Gasteiger partial charge in [-0.15, -0.1) is 11.8 Å². The third-order valence-corrected chi connectivity index (χ3v) is 3.03. The normalized spacial score (nSPS) is 10.0. The molecule has 0 saturated heterocycles. The molecule has 92 valence electrons. The number of carbonyl (C=O) groups is 2. The molecule has 0 spiro atoms. The Morgan fingerprint density at radius 3 is 2.65 bits per heavy atom. The minimum Gasteiger partial charge on any atom is -0.481 e. The van der Waals surface area contributed by atoms with Crippen molar-refractivity contribution in [3.05, 3.63) is 29.3 Å². The fourth-order valence-corrected chi connectivity index (χ4v) is 2.02. The van der Waals surface area contributed by atoms with Gasteiger partial charge in [-0.25, -0.2) is 4.79 Å². The number of ether oxygens (including phenoxy) is 1. The van der Waals surface area contributed by atoms with Gasteiger partial charge in [0, 0.05) is 4.90 Å². The van der Waals surface area contributed by atoms with Crippen LogP contribution in [0.4, 0.5) is 0 Å². The summed E-state index contributed by atoms with van der Waals surface area (Å²) in [7, 11) is 0. The molecule has 0 fully saturated rings. The Kier molecular flexibility index (Phi) is 5.03. The lowest BCUT2D eigenvalue weighted by molar-refractivity contribution is -0.133. The number of aliphatic carboxylic acids is 1. The Balaban J connectivity index is 2.79. The second-order valence-electron chi connectivity index (χ2n) is 3.38. The molecular weight excluding hydrogens is 240 g/mol. The number of hydrogen-bond donors (Lipinski definition) is 1. The first-order valence-electron chi connectivity index (χ1n) is 5.17. The van der Waals surface area contributed by atoms with Gasteiger partial charge in [-0.3, -0.25) is 4.79 Å². The second kappa shape index (κ2) is 6.30. The monoisotopic (exact) mass is 254 g/mol. The van der Waals surface area contributed by atoms with Crippen molar-refractivity contribution in [3.8, 4) is 0 Å². The Morgan fingerprint density at radius 1 is 1.41 bits per heavy atom. The van der Waals surface area contributed by atoms with Gasteiger partial charge in [-0.2, -0.15) is 0 Å². The summed E-state index contributed by atoms with van der Waals surface area (Å²) >= 11 is 1.22. The molecule has 0 saturated carbocycles. The minimum absolute atomic E-state index is 0.0121. The molecule has 4 nitrogen and oxygen atoms in total. The lowest BCUT2D eigenvalue weighted by atomic mass is 10.1. The number of rotatable bonds is 5. The molecule has 5 heteroatoms. The van der Waals surface area contributed by atoms with Crippen molar-refractivity contribution in [2.75, 3.05) is 12.4 Å². The first kappa shape index (κ1) is 13.6. The smallest absolute Gasteiger partial charge is 0.338 e. The maximum atomic E-state index is 11.5. The second-order valence-corrected chi connectivity index (χ2v) is 4.43. The van der Waals surface area contributed by atoms with E-state index in [9.17, 15) is 9.59 Å². The molecule has 0 aliphatic heterocycles. The maximum Gasteiger partial charge on any atom is 0.338 e. The van der Waals surface area contributed by atoms with E-state index in [0.29, 0.717) is 12.2 Å². The topological polar surface area (TPSA) is 63.6 Å². The van der Waals surface area contributed by atoms with Gasteiger partial charge in [-0.05, 0) is 37.6 Å². The molecule has 1 aromatic carbocycles. The molecule has 0 unspecified atom stereocenters. The zero-order valence-electron chi connectivity index (χ0n) is 9.73. The van der Waals surface area contributed by atoms with Crippen molar-refractivity contribution >= 4 is 23.7 Å². The van der Waals surface area contributed by atoms with E-state index >= 15 is 0 Å². The van der Waals surface area contributed by atoms with Gasteiger partial charge >= 0.3 is 11.9 Å². The molecule has 17 heavy (non-hydrogen) atoms. The molecule has 0 aromatic heterocycles. The van der Waals surface area contributed by atoms with E-state index in [0.717, 1.165) is 10.5 Å². The van der Waals surface area contributed by atoms with Crippen LogP contribution in [0.1, 0.15) is 22.8 Å². The van der Waals surface area contributed by atoms with Crippen LogP contribution in [0.3, 0.4) is 0 Å². The minimum atomic E-state index is -0.859. The predicted molar refractivity (Wildman–Crippen MR) is 65.5 cm³/mol. The molecular formula is C12H14O4S. The molecule has 0 heterocycles. The van der Waals surface area contributed by atoms with Crippen LogP contribution in [0.25, 0.3) is 0 Å². The predicted octanol–water partition coefficient (Wildman–Crippen LogP) is 2.35. The van der Waals surface area contributed by atoms with Gasteiger partial charge in [-0.1, -0.05) is 0 Å². The highest BCUT2D eigenvalue weighted by Crippen LogP contribution is 2.21. The number of esters is 1. The van der Waals surface area contributed by atoms with E-state index in [1.165, 1.54) is 11.8 Å². The van der Waals surface area contributed by atoms with Crippen molar-refractivity contribution in [2.24, 2.45) is 0 Å². The zero-order valence-corrected chi connectivity index (χ0v) is 10.5. The Labute approximate surface area is 104 Å². The van der Waals surface area contributed by atoms with E-state index in [1.807, 2.05) is 0 Å². The van der Waals surface area contributed by atoms with Crippen molar-refractivity contribution in [3.63, 3.8) is 0 Å². The van der Waals surface area contributed by atoms with Gasteiger partial charge in [0.25, 0.3) is 0 Å². The number of aryl methyl sites for hydroxylation is 1. The number of hydrogen-bond acceptors (Lipinski definition) is 4. The van der Waals surface area contributed by atoms with Crippen molar-refractivity contribution in [2.45, 2.75) is 18.7 Å². The summed E-state index contributed by atoms with van der Waals surface area (Å²) in [5, 5.41) is 8.56. The van der Waals surface area contributed by atoms with Crippen molar-refractivity contribution < 1.29 is 19.4 Å². The van der Waals surface area contributed by atoms with Gasteiger partial charge < -0.3 is 9.84 Å². The van der Waals surface area contributed by atoms with E-state index < -0.39 is 5.97 Å². The fourth-order valence-electron chi connectivity index (χ4n) is 1.31. The average molecular weight is 254 g/mol. The van der Waals surface area contributed by atoms with Crippen LogP contribution in [0, 0.1) is 6.92 Å². The van der Waals surface area contributed by atoms with E-state index in [-0.39, 0.29) is 11.7 Å². The molecule has 0 aliphatic rings. The van der Waals surface area contributed by atoms with Crippen LogP contribution in [-0.4, -0.2) is 29.4 Å². The van der Waals surface area contributed by atoms with Crippen LogP contribution in [0.5, 0.6) is 0 Å². The number of carboxylic acid groups (broad SMARTS) is 1. The van der Waals surface area contributed by atoms with Crippen LogP contribution < -0.4 is 0 Å². The third kappa shape index (κ3) is 4.11. The van der Waals surface area contributed by atoms with Crippen LogP contribution in [0.15, 0.2) is 23.1 Å². The lowest BCUT2D eigenvalue weighted by Crippen LogP contribution is -2.06. The van der Waals surface area contributed by atoms with Crippen molar-refractivity contribution in [1.82, 2.24) is 0 Å². The molecule has 1 rings (SSSR count).